The highest BCUT2D eigenvalue weighted by Gasteiger charge is 2.17. The van der Waals surface area contributed by atoms with Crippen LogP contribution >= 0.6 is 0 Å². The van der Waals surface area contributed by atoms with E-state index in [1.165, 1.54) is 37.4 Å². The summed E-state index contributed by atoms with van der Waals surface area (Å²) in [5.41, 5.74) is 4.53. The molecule has 11 heteroatoms. The number of methoxy groups -OCH3 is 1. The molecule has 0 aliphatic carbocycles. The van der Waals surface area contributed by atoms with Gasteiger partial charge in [0, 0.05) is 23.4 Å². The summed E-state index contributed by atoms with van der Waals surface area (Å²) in [6, 6.07) is 16.8. The molecule has 11 nitrogen and oxygen atoms in total. The molecule has 0 saturated heterocycles. The number of nitrogens with one attached hydrogen (secondary N) is 2. The van der Waals surface area contributed by atoms with Crippen molar-refractivity contribution in [2.45, 2.75) is 20.3 Å². The number of carbonyl (C=O) groups excluding carboxylic acids is 3. The lowest BCUT2D eigenvalue weighted by Crippen LogP contribution is -2.33. The van der Waals surface area contributed by atoms with E-state index in [2.05, 4.69) is 15.8 Å². The normalized spacial score (nSPS) is 10.8. The molecule has 0 fully saturated rings. The molecule has 3 rings (SSSR count). The average molecular weight is 504 g/mol. The predicted octanol–water partition coefficient (Wildman–Crippen LogP) is 3.86. The van der Waals surface area contributed by atoms with Gasteiger partial charge < -0.3 is 14.8 Å². The van der Waals surface area contributed by atoms with Gasteiger partial charge in [0.2, 0.25) is 0 Å². The highest BCUT2D eigenvalue weighted by atomic mass is 16.6. The molecule has 0 radical (unpaired) electrons. The van der Waals surface area contributed by atoms with Crippen LogP contribution in [-0.2, 0) is 16.0 Å². The van der Waals surface area contributed by atoms with E-state index < -0.39 is 22.7 Å². The van der Waals surface area contributed by atoms with Gasteiger partial charge in [-0.05, 0) is 55.3 Å². The summed E-state index contributed by atoms with van der Waals surface area (Å²) in [7, 11) is 1.38. The van der Waals surface area contributed by atoms with Crippen LogP contribution < -0.4 is 20.2 Å². The Morgan fingerprint density at radius 1 is 0.946 bits per heavy atom. The maximum Gasteiger partial charge on any atom is 0.343 e. The molecular formula is C26H24N4O7. The zero-order chi connectivity index (χ0) is 26.9. The molecular weight excluding hydrogens is 480 g/mol. The van der Waals surface area contributed by atoms with Gasteiger partial charge in [0.05, 0.1) is 23.3 Å². The lowest BCUT2D eigenvalue weighted by atomic mass is 10.1. The second-order valence-corrected chi connectivity index (χ2v) is 7.66. The van der Waals surface area contributed by atoms with Crippen molar-refractivity contribution in [3.8, 4) is 11.5 Å². The van der Waals surface area contributed by atoms with Gasteiger partial charge in [0.15, 0.2) is 11.5 Å². The molecule has 3 aromatic carbocycles. The van der Waals surface area contributed by atoms with Gasteiger partial charge in [-0.1, -0.05) is 25.1 Å². The van der Waals surface area contributed by atoms with Gasteiger partial charge in [-0.2, -0.15) is 5.10 Å². The van der Waals surface area contributed by atoms with Crippen LogP contribution in [0, 0.1) is 10.1 Å². The van der Waals surface area contributed by atoms with Crippen molar-refractivity contribution in [2.24, 2.45) is 5.10 Å². The number of aryl methyl sites for hydroxylation is 1. The molecule has 37 heavy (non-hydrogen) atoms. The summed E-state index contributed by atoms with van der Waals surface area (Å²) >= 11 is 0. The Kier molecular flexibility index (Phi) is 8.66. The molecule has 2 amide bonds. The number of rotatable bonds is 8. The lowest BCUT2D eigenvalue weighted by molar-refractivity contribution is -0.384. The quantitative estimate of drug-likeness (QED) is 0.118. The first kappa shape index (κ1) is 26.5. The van der Waals surface area contributed by atoms with Crippen molar-refractivity contribution in [1.82, 2.24) is 5.43 Å². The zero-order valence-corrected chi connectivity index (χ0v) is 20.3. The first-order chi connectivity index (χ1) is 17.7. The number of hydrogen-bond acceptors (Lipinski definition) is 8. The van der Waals surface area contributed by atoms with E-state index in [1.807, 2.05) is 19.1 Å². The number of nitrogens with zero attached hydrogens (tertiary/aromatic N) is 2. The molecule has 0 unspecified atom stereocenters. The standard InChI is InChI=1S/C26H24N4O7/c1-4-17-7-5-6-8-21(17)27-24(31)25(32)29-28-16(2)19-11-14-22(23(15-19)36-3)37-26(33)18-9-12-20(13-10-18)30(34)35/h5-15H,4H2,1-3H3,(H,27,31)(H,29,32)/b28-16+. The summed E-state index contributed by atoms with van der Waals surface area (Å²) in [6.07, 6.45) is 0.691. The smallest absolute Gasteiger partial charge is 0.343 e. The Bertz CT molecular complexity index is 1370. The minimum atomic E-state index is -0.939. The average Bonchev–Trinajstić information content (AvgIpc) is 2.91. The van der Waals surface area contributed by atoms with Gasteiger partial charge >= 0.3 is 17.8 Å². The molecule has 190 valence electrons. The number of hydrazone groups is 1. The number of esters is 1. The molecule has 2 N–H and O–H groups in total. The Labute approximate surface area is 212 Å². The van der Waals surface area contributed by atoms with E-state index in [0.29, 0.717) is 23.4 Å². The van der Waals surface area contributed by atoms with Crippen molar-refractivity contribution in [2.75, 3.05) is 12.4 Å². The predicted molar refractivity (Wildman–Crippen MR) is 136 cm³/mol. The van der Waals surface area contributed by atoms with Crippen LogP contribution in [0.1, 0.15) is 35.3 Å². The SMILES string of the molecule is CCc1ccccc1NC(=O)C(=O)N/N=C(\C)c1ccc(OC(=O)c2ccc([N+](=O)[O-])cc2)c(OC)c1. The minimum Gasteiger partial charge on any atom is -0.493 e. The van der Waals surface area contributed by atoms with E-state index in [1.54, 1.807) is 31.2 Å². The summed E-state index contributed by atoms with van der Waals surface area (Å²) in [5, 5.41) is 17.3. The molecule has 0 heterocycles. The van der Waals surface area contributed by atoms with Crippen LogP contribution in [0.25, 0.3) is 0 Å². The zero-order valence-electron chi connectivity index (χ0n) is 20.3. The van der Waals surface area contributed by atoms with Crippen molar-refractivity contribution in [1.29, 1.82) is 0 Å². The third kappa shape index (κ3) is 6.75. The van der Waals surface area contributed by atoms with Gasteiger partial charge in [0.1, 0.15) is 0 Å². The van der Waals surface area contributed by atoms with Crippen LogP contribution in [0.2, 0.25) is 0 Å². The van der Waals surface area contributed by atoms with Gasteiger partial charge in [-0.15, -0.1) is 0 Å². The van der Waals surface area contributed by atoms with Crippen molar-refractivity contribution in [3.05, 3.63) is 93.5 Å². The number of anilines is 1. The van der Waals surface area contributed by atoms with Gasteiger partial charge in [-0.25, -0.2) is 10.2 Å². The first-order valence-corrected chi connectivity index (χ1v) is 11.1. The fourth-order valence-corrected chi connectivity index (χ4v) is 3.23. The number of carbonyl (C=O) groups is 3. The van der Waals surface area contributed by atoms with E-state index >= 15 is 0 Å². The third-order valence-corrected chi connectivity index (χ3v) is 5.28. The van der Waals surface area contributed by atoms with E-state index in [0.717, 1.165) is 5.56 Å². The molecule has 0 spiro atoms. The Balaban J connectivity index is 1.67. The van der Waals surface area contributed by atoms with Crippen LogP contribution in [0.5, 0.6) is 11.5 Å². The Morgan fingerprint density at radius 2 is 1.62 bits per heavy atom. The molecule has 0 atom stereocenters. The molecule has 0 bridgehead atoms. The third-order valence-electron chi connectivity index (χ3n) is 5.28. The second-order valence-electron chi connectivity index (χ2n) is 7.66. The monoisotopic (exact) mass is 504 g/mol. The van der Waals surface area contributed by atoms with Gasteiger partial charge in [-0.3, -0.25) is 19.7 Å². The number of non-ortho nitro benzene ring substituents is 1. The maximum atomic E-state index is 12.4. The topological polar surface area (TPSA) is 149 Å². The van der Waals surface area contributed by atoms with Crippen LogP contribution in [0.4, 0.5) is 11.4 Å². The number of amides is 2. The molecule has 3 aromatic rings. The Morgan fingerprint density at radius 3 is 2.27 bits per heavy atom. The molecule has 0 aliphatic rings. The number of benzene rings is 3. The summed E-state index contributed by atoms with van der Waals surface area (Å²) in [5.74, 6) is -2.20. The fourth-order valence-electron chi connectivity index (χ4n) is 3.23. The van der Waals surface area contributed by atoms with Crippen molar-refractivity contribution in [3.63, 3.8) is 0 Å². The molecule has 0 aliphatic heterocycles. The lowest BCUT2D eigenvalue weighted by Gasteiger charge is -2.11. The van der Waals surface area contributed by atoms with Gasteiger partial charge in [0.25, 0.3) is 5.69 Å². The fraction of sp³-hybridized carbons (Fsp3) is 0.154. The minimum absolute atomic E-state index is 0.111. The highest BCUT2D eigenvalue weighted by Crippen LogP contribution is 2.29. The van der Waals surface area contributed by atoms with E-state index in [-0.39, 0.29) is 22.7 Å². The Hall–Kier alpha value is -5.06. The molecule has 0 saturated carbocycles. The number of hydrogen-bond donors (Lipinski definition) is 2. The van der Waals surface area contributed by atoms with Crippen LogP contribution in [0.15, 0.2) is 71.8 Å². The number of ether oxygens (including phenoxy) is 2. The van der Waals surface area contributed by atoms with Crippen molar-refractivity contribution >= 4 is 34.9 Å². The summed E-state index contributed by atoms with van der Waals surface area (Å²) < 4.78 is 10.7. The van der Waals surface area contributed by atoms with Crippen LogP contribution in [-0.4, -0.2) is 35.5 Å². The van der Waals surface area contributed by atoms with Crippen LogP contribution in [0.3, 0.4) is 0 Å². The number of nitro benzene ring substituents is 1. The van der Waals surface area contributed by atoms with Crippen molar-refractivity contribution < 1.29 is 28.8 Å². The van der Waals surface area contributed by atoms with E-state index in [4.69, 9.17) is 9.47 Å². The first-order valence-electron chi connectivity index (χ1n) is 11.1. The van der Waals surface area contributed by atoms with E-state index in [9.17, 15) is 24.5 Å². The number of nitro groups is 1. The summed E-state index contributed by atoms with van der Waals surface area (Å²) in [4.78, 5) is 47.1. The second kappa shape index (κ2) is 12.1. The number of para-hydroxylation sites is 1. The maximum absolute atomic E-state index is 12.4. The summed E-state index contributed by atoms with van der Waals surface area (Å²) in [6.45, 7) is 3.55. The largest absolute Gasteiger partial charge is 0.493 e. The molecule has 0 aromatic heterocycles. The highest BCUT2D eigenvalue weighted by molar-refractivity contribution is 6.39.